The summed E-state index contributed by atoms with van der Waals surface area (Å²) in [7, 11) is 0. The van der Waals surface area contributed by atoms with Crippen LogP contribution >= 0.6 is 23.2 Å². The van der Waals surface area contributed by atoms with E-state index in [0.717, 1.165) is 0 Å². The number of ether oxygens (including phenoxy) is 2. The lowest BCUT2D eigenvalue weighted by atomic mass is 10.3. The fourth-order valence-corrected chi connectivity index (χ4v) is 2.70. The molecule has 130 valence electrons. The summed E-state index contributed by atoms with van der Waals surface area (Å²) in [6, 6.07) is 11.7. The normalized spacial score (nSPS) is 10.8. The lowest BCUT2D eigenvalue weighted by Crippen LogP contribution is -2.23. The number of carbonyl (C=O) groups is 1. The van der Waals surface area contributed by atoms with Gasteiger partial charge in [0.05, 0.1) is 10.5 Å². The van der Waals surface area contributed by atoms with E-state index in [-0.39, 0.29) is 19.8 Å². The third-order valence-corrected chi connectivity index (χ3v) is 3.89. The van der Waals surface area contributed by atoms with Gasteiger partial charge in [0.15, 0.2) is 5.58 Å². The SMILES string of the molecule is O=C(Cn1c(=O)oc2ccccc21)OCCOc1ccc(Cl)cc1Cl. The summed E-state index contributed by atoms with van der Waals surface area (Å²) < 4.78 is 16.8. The van der Waals surface area contributed by atoms with Crippen molar-refractivity contribution in [1.82, 2.24) is 4.57 Å². The van der Waals surface area contributed by atoms with E-state index >= 15 is 0 Å². The van der Waals surface area contributed by atoms with Crippen LogP contribution in [0, 0.1) is 0 Å². The van der Waals surface area contributed by atoms with Gasteiger partial charge in [-0.2, -0.15) is 0 Å². The number of hydrogen-bond acceptors (Lipinski definition) is 5. The van der Waals surface area contributed by atoms with Gasteiger partial charge in [-0.15, -0.1) is 0 Å². The number of rotatable bonds is 6. The Labute approximate surface area is 152 Å². The number of oxazole rings is 1. The van der Waals surface area contributed by atoms with Gasteiger partial charge in [-0.1, -0.05) is 35.3 Å². The third kappa shape index (κ3) is 4.15. The topological polar surface area (TPSA) is 70.7 Å². The van der Waals surface area contributed by atoms with Crippen LogP contribution in [0.5, 0.6) is 5.75 Å². The predicted octanol–water partition coefficient (Wildman–Crippen LogP) is 3.52. The molecule has 3 rings (SSSR count). The van der Waals surface area contributed by atoms with Gasteiger partial charge in [0.2, 0.25) is 0 Å². The van der Waals surface area contributed by atoms with Crippen molar-refractivity contribution in [2.45, 2.75) is 6.54 Å². The first-order chi connectivity index (χ1) is 12.0. The molecule has 0 saturated carbocycles. The molecule has 0 atom stereocenters. The van der Waals surface area contributed by atoms with Crippen LogP contribution in [0.15, 0.2) is 51.7 Å². The Kier molecular flexibility index (Phi) is 5.31. The van der Waals surface area contributed by atoms with Crippen molar-refractivity contribution in [3.05, 3.63) is 63.1 Å². The van der Waals surface area contributed by atoms with Crippen molar-refractivity contribution in [3.8, 4) is 5.75 Å². The second-order valence-corrected chi connectivity index (χ2v) is 5.91. The molecule has 3 aromatic rings. The first-order valence-electron chi connectivity index (χ1n) is 7.36. The van der Waals surface area contributed by atoms with Crippen molar-refractivity contribution < 1.29 is 18.7 Å². The van der Waals surface area contributed by atoms with E-state index in [9.17, 15) is 9.59 Å². The minimum atomic E-state index is -0.609. The van der Waals surface area contributed by atoms with Crippen LogP contribution in [-0.4, -0.2) is 23.8 Å². The Hall–Kier alpha value is -2.44. The zero-order valence-electron chi connectivity index (χ0n) is 12.9. The quantitative estimate of drug-likeness (QED) is 0.482. The van der Waals surface area contributed by atoms with Gasteiger partial charge >= 0.3 is 11.7 Å². The van der Waals surface area contributed by atoms with E-state index in [1.54, 1.807) is 42.5 Å². The molecule has 0 spiro atoms. The molecule has 0 radical (unpaired) electrons. The summed E-state index contributed by atoms with van der Waals surface area (Å²) >= 11 is 11.8. The molecule has 0 amide bonds. The Balaban J connectivity index is 1.53. The molecule has 0 unspecified atom stereocenters. The minimum Gasteiger partial charge on any atom is -0.488 e. The number of esters is 1. The molecule has 0 bridgehead atoms. The molecule has 0 saturated heterocycles. The summed E-state index contributed by atoms with van der Waals surface area (Å²) in [5.41, 5.74) is 0.953. The monoisotopic (exact) mass is 381 g/mol. The number of fused-ring (bicyclic) bond motifs is 1. The highest BCUT2D eigenvalue weighted by Gasteiger charge is 2.13. The number of halogens is 2. The number of benzene rings is 2. The lowest BCUT2D eigenvalue weighted by molar-refractivity contribution is -0.145. The van der Waals surface area contributed by atoms with E-state index in [0.29, 0.717) is 26.9 Å². The van der Waals surface area contributed by atoms with Crippen LogP contribution in [0.25, 0.3) is 11.1 Å². The van der Waals surface area contributed by atoms with Gasteiger partial charge in [0.25, 0.3) is 0 Å². The zero-order valence-corrected chi connectivity index (χ0v) is 14.4. The van der Waals surface area contributed by atoms with Gasteiger partial charge in [0, 0.05) is 5.02 Å². The van der Waals surface area contributed by atoms with Gasteiger partial charge in [0.1, 0.15) is 25.5 Å². The summed E-state index contributed by atoms with van der Waals surface area (Å²) in [6.07, 6.45) is 0. The van der Waals surface area contributed by atoms with Crippen molar-refractivity contribution >= 4 is 40.3 Å². The van der Waals surface area contributed by atoms with E-state index in [4.69, 9.17) is 37.1 Å². The maximum Gasteiger partial charge on any atom is 0.420 e. The Morgan fingerprint density at radius 3 is 2.72 bits per heavy atom. The van der Waals surface area contributed by atoms with Crippen LogP contribution in [-0.2, 0) is 16.1 Å². The van der Waals surface area contributed by atoms with Crippen molar-refractivity contribution in [2.24, 2.45) is 0 Å². The molecule has 0 aliphatic heterocycles. The fourth-order valence-electron chi connectivity index (χ4n) is 2.24. The smallest absolute Gasteiger partial charge is 0.420 e. The van der Waals surface area contributed by atoms with Gasteiger partial charge in [-0.25, -0.2) is 4.79 Å². The molecule has 6 nitrogen and oxygen atoms in total. The maximum absolute atomic E-state index is 11.9. The highest BCUT2D eigenvalue weighted by Crippen LogP contribution is 2.27. The maximum atomic E-state index is 11.9. The summed E-state index contributed by atoms with van der Waals surface area (Å²) in [5, 5.41) is 0.872. The molecule has 1 heterocycles. The largest absolute Gasteiger partial charge is 0.488 e. The molecule has 8 heteroatoms. The van der Waals surface area contributed by atoms with Crippen LogP contribution in [0.3, 0.4) is 0 Å². The number of carbonyl (C=O) groups excluding carboxylic acids is 1. The van der Waals surface area contributed by atoms with Crippen LogP contribution in [0.2, 0.25) is 10.0 Å². The highest BCUT2D eigenvalue weighted by atomic mass is 35.5. The zero-order chi connectivity index (χ0) is 17.8. The van der Waals surface area contributed by atoms with Crippen molar-refractivity contribution in [1.29, 1.82) is 0 Å². The molecular weight excluding hydrogens is 369 g/mol. The van der Waals surface area contributed by atoms with Crippen LogP contribution in [0.1, 0.15) is 0 Å². The van der Waals surface area contributed by atoms with Gasteiger partial charge < -0.3 is 13.9 Å². The first-order valence-corrected chi connectivity index (χ1v) is 8.12. The summed E-state index contributed by atoms with van der Waals surface area (Å²) in [4.78, 5) is 23.7. The lowest BCUT2D eigenvalue weighted by Gasteiger charge is -2.09. The average Bonchev–Trinajstić information content (AvgIpc) is 2.89. The summed E-state index contributed by atoms with van der Waals surface area (Å²) in [6.45, 7) is -0.103. The van der Waals surface area contributed by atoms with Crippen LogP contribution < -0.4 is 10.5 Å². The van der Waals surface area contributed by atoms with Gasteiger partial charge in [-0.3, -0.25) is 9.36 Å². The molecule has 0 N–H and O–H groups in total. The van der Waals surface area contributed by atoms with Crippen LogP contribution in [0.4, 0.5) is 0 Å². The first kappa shape index (κ1) is 17.4. The number of aromatic nitrogens is 1. The number of hydrogen-bond donors (Lipinski definition) is 0. The standard InChI is InChI=1S/C17H13Cl2NO5/c18-11-5-6-14(12(19)9-11)23-7-8-24-16(21)10-20-13-3-1-2-4-15(13)25-17(20)22/h1-6,9H,7-8,10H2. The van der Waals surface area contributed by atoms with E-state index in [1.165, 1.54) is 4.57 Å². The molecule has 2 aromatic carbocycles. The Morgan fingerprint density at radius 1 is 1.12 bits per heavy atom. The van der Waals surface area contributed by atoms with E-state index < -0.39 is 11.7 Å². The average molecular weight is 382 g/mol. The second kappa shape index (κ2) is 7.63. The Morgan fingerprint density at radius 2 is 1.92 bits per heavy atom. The summed E-state index contributed by atoms with van der Waals surface area (Å²) in [5.74, 6) is -0.735. The van der Waals surface area contributed by atoms with E-state index in [1.807, 2.05) is 0 Å². The van der Waals surface area contributed by atoms with Crippen molar-refractivity contribution in [3.63, 3.8) is 0 Å². The second-order valence-electron chi connectivity index (χ2n) is 5.07. The highest BCUT2D eigenvalue weighted by molar-refractivity contribution is 6.35. The molecule has 0 aliphatic rings. The van der Waals surface area contributed by atoms with E-state index in [2.05, 4.69) is 0 Å². The molecule has 0 fully saturated rings. The molecular formula is C17H13Cl2NO5. The minimum absolute atomic E-state index is 0.0162. The number of nitrogens with zero attached hydrogens (tertiary/aromatic N) is 1. The fraction of sp³-hybridized carbons (Fsp3) is 0.176. The molecule has 1 aromatic heterocycles. The van der Waals surface area contributed by atoms with Gasteiger partial charge in [-0.05, 0) is 30.3 Å². The third-order valence-electron chi connectivity index (χ3n) is 3.36. The molecule has 0 aliphatic carbocycles. The predicted molar refractivity (Wildman–Crippen MR) is 93.4 cm³/mol. The number of para-hydroxylation sites is 2. The van der Waals surface area contributed by atoms with Crippen molar-refractivity contribution in [2.75, 3.05) is 13.2 Å². The Bertz CT molecular complexity index is 963. The molecule has 25 heavy (non-hydrogen) atoms.